The summed E-state index contributed by atoms with van der Waals surface area (Å²) < 4.78 is 4.56. The fourth-order valence-electron chi connectivity index (χ4n) is 18.3. The second-order valence-corrected chi connectivity index (χ2v) is 40.6. The number of fused-ring (bicyclic) bond motifs is 3. The zero-order chi connectivity index (χ0) is 107. The van der Waals surface area contributed by atoms with E-state index in [4.69, 9.17) is 0 Å². The SMILES string of the molecule is CC=CCC(C)C(O)C1C(=O)NC(CC)C(=O)N(C)CC(=O)N(C)C(CC(C)C)C(=O)NC(C(C)C)C(=O)N(C)C(CC(C)C)C(=O)NC(C)C(=O)NC(C)C(=O)N(C)C(CC(C)C)C(=O)N(C)C(CC(C)C)C(=O)N(C)C(C(C)C)C(=O)N1C.Cc1cc(C=Cc2ccc3cc(N(C)C)ccc3[n+]2C)c(C)n1-c1ccccc1.O=C(O)c1cc2ccccc2c(Cc2c(O)c(C(=O)O)cc3ccccc23)c1[O-]. The molecule has 0 aliphatic carbocycles. The van der Waals surface area contributed by atoms with E-state index in [9.17, 15) is 78.3 Å². The first-order chi connectivity index (χ1) is 67.0. The maximum atomic E-state index is 15.1. The van der Waals surface area contributed by atoms with E-state index in [1.807, 2.05) is 61.5 Å². The number of nitrogens with one attached hydrogen (secondary N) is 4. The number of rotatable bonds is 23. The van der Waals surface area contributed by atoms with E-state index < -0.39 is 179 Å². The van der Waals surface area contributed by atoms with Crippen molar-refractivity contribution in [2.45, 2.75) is 243 Å². The van der Waals surface area contributed by atoms with Crippen molar-refractivity contribution >= 4 is 127 Å². The van der Waals surface area contributed by atoms with Gasteiger partial charge in [-0.1, -0.05) is 182 Å². The molecule has 0 bridgehead atoms. The number of carboxylic acid groups (broad SMARTS) is 2. The highest BCUT2D eigenvalue weighted by Crippen LogP contribution is 2.39. The first-order valence-corrected chi connectivity index (χ1v) is 49.3. The lowest BCUT2D eigenvalue weighted by Gasteiger charge is -2.41. The molecule has 6 aromatic carbocycles. The molecule has 32 nitrogen and oxygen atoms in total. The third-order valence-electron chi connectivity index (χ3n) is 26.8. The van der Waals surface area contributed by atoms with Crippen LogP contribution in [-0.4, -0.2) is 273 Å². The molecule has 0 spiro atoms. The number of hydrogen-bond donors (Lipinski definition) is 8. The van der Waals surface area contributed by atoms with Crippen LogP contribution in [0.25, 0.3) is 50.3 Å². The van der Waals surface area contributed by atoms with E-state index in [2.05, 4.69) is 149 Å². The number of aliphatic hydroxyl groups excluding tert-OH is 1. The Bertz CT molecular complexity index is 5840. The van der Waals surface area contributed by atoms with E-state index >= 15 is 9.59 Å². The van der Waals surface area contributed by atoms with Crippen LogP contribution < -0.4 is 35.8 Å². The number of pyridine rings is 1. The highest BCUT2D eigenvalue weighted by Gasteiger charge is 2.46. The number of aryl methyl sites for hydroxylation is 2. The predicted molar refractivity (Wildman–Crippen MR) is 558 cm³/mol. The first-order valence-electron chi connectivity index (χ1n) is 49.3. The van der Waals surface area contributed by atoms with Gasteiger partial charge < -0.3 is 90.6 Å². The van der Waals surface area contributed by atoms with Gasteiger partial charge in [-0.3, -0.25) is 52.7 Å². The molecule has 1 aliphatic heterocycles. The normalized spacial score (nSPS) is 20.6. The van der Waals surface area contributed by atoms with Gasteiger partial charge in [0.25, 0.3) is 0 Å². The summed E-state index contributed by atoms with van der Waals surface area (Å²) in [6, 6.07) is 28.0. The van der Waals surface area contributed by atoms with E-state index in [1.165, 1.54) is 145 Å². The van der Waals surface area contributed by atoms with Gasteiger partial charge in [0.15, 0.2) is 0 Å². The zero-order valence-electron chi connectivity index (χ0n) is 89.0. The number of aromatic nitrogens is 2. The van der Waals surface area contributed by atoms with Crippen LogP contribution in [0.5, 0.6) is 11.5 Å². The van der Waals surface area contributed by atoms with Crippen LogP contribution in [0.1, 0.15) is 211 Å². The van der Waals surface area contributed by atoms with Crippen LogP contribution in [0.3, 0.4) is 0 Å². The van der Waals surface area contributed by atoms with Gasteiger partial charge in [0, 0.05) is 122 Å². The molecule has 1 aliphatic rings. The second-order valence-electron chi connectivity index (χ2n) is 40.6. The monoisotopic (exact) mass is 1970 g/mol. The van der Waals surface area contributed by atoms with Crippen molar-refractivity contribution in [2.75, 3.05) is 74.9 Å². The van der Waals surface area contributed by atoms with Crippen LogP contribution in [0, 0.1) is 55.3 Å². The van der Waals surface area contributed by atoms with E-state index in [0.717, 1.165) is 9.80 Å². The molecule has 0 radical (unpaired) electrons. The lowest BCUT2D eigenvalue weighted by atomic mass is 9.90. The van der Waals surface area contributed by atoms with Crippen molar-refractivity contribution in [1.29, 1.82) is 0 Å². The molecule has 9 rings (SSSR count). The maximum Gasteiger partial charge on any atom is 0.339 e. The van der Waals surface area contributed by atoms with Gasteiger partial charge in [0.05, 0.1) is 18.2 Å². The van der Waals surface area contributed by atoms with Gasteiger partial charge in [-0.25, -0.2) is 9.59 Å². The minimum absolute atomic E-state index is 0.0229. The van der Waals surface area contributed by atoms with Gasteiger partial charge in [-0.05, 0) is 202 Å². The lowest BCUT2D eigenvalue weighted by molar-refractivity contribution is -0.646. The van der Waals surface area contributed by atoms with E-state index in [1.54, 1.807) is 103 Å². The van der Waals surface area contributed by atoms with Gasteiger partial charge in [-0.2, -0.15) is 4.57 Å². The third kappa shape index (κ3) is 29.2. The number of nitrogens with zero attached hydrogens (tertiary/aromatic N) is 10. The summed E-state index contributed by atoms with van der Waals surface area (Å²) in [5, 5.41) is 69.1. The molecule has 1 fully saturated rings. The Morgan fingerprint density at radius 3 is 1.52 bits per heavy atom. The van der Waals surface area contributed by atoms with Gasteiger partial charge in [0.1, 0.15) is 78.8 Å². The van der Waals surface area contributed by atoms with Crippen LogP contribution >= 0.6 is 0 Å². The topological polar surface area (TPSA) is 409 Å². The molecule has 12 atom stereocenters. The van der Waals surface area contributed by atoms with Crippen molar-refractivity contribution in [3.63, 3.8) is 0 Å². The fraction of sp³-hybridized carbons (Fsp3) is 0.495. The number of amides is 11. The Kier molecular flexibility index (Phi) is 42.3. The minimum atomic E-state index is -1.61. The van der Waals surface area contributed by atoms with Crippen LogP contribution in [0.4, 0.5) is 5.69 Å². The number of benzene rings is 6. The molecular weight excluding hydrogens is 1820 g/mol. The molecule has 11 amide bonds. The fourth-order valence-corrected chi connectivity index (χ4v) is 18.3. The predicted octanol–water partition coefficient (Wildman–Crippen LogP) is 12.3. The van der Waals surface area contributed by atoms with Crippen molar-refractivity contribution in [2.24, 2.45) is 48.5 Å². The zero-order valence-corrected chi connectivity index (χ0v) is 89.0. The molecule has 1 saturated heterocycles. The van der Waals surface area contributed by atoms with Crippen LogP contribution in [-0.2, 0) is 66.2 Å². The molecular formula is C111H154N14O18. The number of carboxylic acids is 2. The Morgan fingerprint density at radius 1 is 0.510 bits per heavy atom. The number of phenols is 1. The van der Waals surface area contributed by atoms with Gasteiger partial charge in [-0.15, -0.1) is 0 Å². The number of likely N-dealkylation sites (N-methyl/N-ethyl adjacent to an activating group) is 7. The smallest absolute Gasteiger partial charge is 0.339 e. The second kappa shape index (κ2) is 51.9. The van der Waals surface area contributed by atoms with Crippen molar-refractivity contribution < 1.29 is 92.4 Å². The summed E-state index contributed by atoms with van der Waals surface area (Å²) in [5.74, 6) is -13.4. The highest BCUT2D eigenvalue weighted by molar-refractivity contribution is 6.04. The lowest BCUT2D eigenvalue weighted by Crippen LogP contribution is -2.63. The molecule has 776 valence electrons. The number of aliphatic hydroxyl groups is 1. The van der Waals surface area contributed by atoms with Gasteiger partial charge >= 0.3 is 11.9 Å². The quantitative estimate of drug-likeness (QED) is 0.0218. The Labute approximate surface area is 843 Å². The minimum Gasteiger partial charge on any atom is -0.872 e. The maximum absolute atomic E-state index is 15.1. The van der Waals surface area contributed by atoms with Crippen LogP contribution in [0.15, 0.2) is 140 Å². The van der Waals surface area contributed by atoms with Crippen molar-refractivity contribution in [3.8, 4) is 17.2 Å². The van der Waals surface area contributed by atoms with E-state index in [-0.39, 0.29) is 84.5 Å². The number of carbonyl (C=O) groups excluding carboxylic acids is 11. The summed E-state index contributed by atoms with van der Waals surface area (Å²) in [5.41, 5.74) is 8.40. The number of carbonyl (C=O) groups is 13. The van der Waals surface area contributed by atoms with Crippen molar-refractivity contribution in [1.82, 2.24) is 60.1 Å². The standard InChI is InChI=1S/C62H111N11O12.C26H28N3.C23H16O6/c1-25-27-28-40(15)52(75)51-56(79)65-43(26-2)58(81)67(18)33-48(74)68(19)44(29-34(3)4)55(78)66-49(38(11)12)61(84)69(20)45(30-35(5)6)54(77)63-41(16)53(76)64-42(17)57(80)70(21)46(31-36(7)8)59(82)71(22)47(32-37(9)10)60(83)72(23)50(39(13)14)62(85)73(51)24;1-19-17-21(20(2)29(19)24-9-7-6-8-10-24)11-13-23-14-12-22-18-25(27(3)4)15-16-26(22)28(23)5;24-20-16(14-7-3-1-5-12(14)9-18(20)22(26)27)11-17-15-8-4-2-6-13(15)10-19(21(17)25)23(28)29/h25,27,34-47,49-52,75H,26,28-33H2,1-24H3,(H,63,77)(H,64,76)(H,65,79)(H,66,78);6-18H,1-5H3;1-10,24-25H,11H2,(H,26,27)(H,28,29)/q;+1;/p-1. The number of para-hydroxylation sites is 1. The molecule has 8 N–H and O–H groups in total. The molecule has 143 heavy (non-hydrogen) atoms. The molecule has 12 unspecified atom stereocenters. The Balaban J connectivity index is 0.000000378. The van der Waals surface area contributed by atoms with Gasteiger partial charge in [0.2, 0.25) is 76.2 Å². The summed E-state index contributed by atoms with van der Waals surface area (Å²) in [6.07, 6.45) is 7.36. The first kappa shape index (κ1) is 116. The highest BCUT2D eigenvalue weighted by atomic mass is 16.4. The molecule has 3 heterocycles. The number of allylic oxidation sites excluding steroid dienone is 2. The van der Waals surface area contributed by atoms with Crippen LogP contribution in [0.2, 0.25) is 0 Å². The number of aromatic carboxylic acids is 2. The van der Waals surface area contributed by atoms with Crippen molar-refractivity contribution in [3.05, 3.63) is 184 Å². The Morgan fingerprint density at radius 2 is 1.00 bits per heavy atom. The average molecular weight is 1970 g/mol. The molecule has 0 saturated carbocycles. The molecule has 2 aromatic heterocycles. The number of hydrogen-bond acceptors (Lipinski definition) is 17. The average Bonchev–Trinajstić information content (AvgIpc) is 1.77. The summed E-state index contributed by atoms with van der Waals surface area (Å²) in [4.78, 5) is 194. The molecule has 8 aromatic rings. The summed E-state index contributed by atoms with van der Waals surface area (Å²) >= 11 is 0. The number of anilines is 1. The summed E-state index contributed by atoms with van der Waals surface area (Å²) in [7, 11) is 16.2. The third-order valence-corrected chi connectivity index (χ3v) is 26.8. The Hall–Kier alpha value is -13.5. The van der Waals surface area contributed by atoms with E-state index in [0.29, 0.717) is 28.0 Å². The number of aromatic hydroxyl groups is 1. The molecule has 32 heteroatoms. The summed E-state index contributed by atoms with van der Waals surface area (Å²) in [6.45, 7) is 33.7. The largest absolute Gasteiger partial charge is 0.872 e.